The maximum Gasteiger partial charge on any atom is 0.148 e. The summed E-state index contributed by atoms with van der Waals surface area (Å²) in [6.45, 7) is -0.112. The van der Waals surface area contributed by atoms with Crippen LogP contribution in [0.2, 0.25) is 5.02 Å². The number of hydrogen-bond acceptors (Lipinski definition) is 1. The number of aliphatic hydroxyl groups is 1. The molecule has 1 nitrogen and oxygen atoms in total. The fourth-order valence-corrected chi connectivity index (χ4v) is 2.10. The van der Waals surface area contributed by atoms with Crippen molar-refractivity contribution in [3.8, 4) is 0 Å². The second-order valence-corrected chi connectivity index (χ2v) is 4.65. The fourth-order valence-electron chi connectivity index (χ4n) is 1.09. The normalized spacial score (nSPS) is 12.9. The average molecular weight is 333 g/mol. The minimum absolute atomic E-state index is 0.0628. The maximum absolute atomic E-state index is 13.4. The first-order chi connectivity index (χ1) is 6.57. The Hall–Kier alpha value is 0.0600. The van der Waals surface area contributed by atoms with E-state index in [2.05, 4.69) is 0 Å². The quantitative estimate of drug-likeness (QED) is 0.510. The zero-order valence-electron chi connectivity index (χ0n) is 7.11. The van der Waals surface area contributed by atoms with Crippen LogP contribution in [0.1, 0.15) is 15.9 Å². The predicted molar refractivity (Wildman–Crippen MR) is 59.8 cm³/mol. The van der Waals surface area contributed by atoms with Crippen molar-refractivity contribution in [2.24, 2.45) is 0 Å². The van der Waals surface area contributed by atoms with Gasteiger partial charge in [-0.2, -0.15) is 0 Å². The Morgan fingerprint density at radius 2 is 2.07 bits per heavy atom. The highest BCUT2D eigenvalue weighted by Crippen LogP contribution is 2.33. The first-order valence-corrected chi connectivity index (χ1v) is 5.58. The van der Waals surface area contributed by atoms with Gasteiger partial charge in [0.25, 0.3) is 0 Å². The molecular weight excluding hydrogens is 324 g/mol. The maximum atomic E-state index is 13.4. The van der Waals surface area contributed by atoms with Gasteiger partial charge in [0.05, 0.1) is 5.02 Å². The number of benzene rings is 1. The van der Waals surface area contributed by atoms with E-state index in [9.17, 15) is 8.78 Å². The van der Waals surface area contributed by atoms with Crippen LogP contribution in [-0.2, 0) is 0 Å². The Morgan fingerprint density at radius 1 is 1.43 bits per heavy atom. The van der Waals surface area contributed by atoms with Gasteiger partial charge in [0, 0.05) is 16.1 Å². The second-order valence-electron chi connectivity index (χ2n) is 2.74. The average Bonchev–Trinajstić information content (AvgIpc) is 2.13. The molecule has 0 unspecified atom stereocenters. The summed E-state index contributed by atoms with van der Waals surface area (Å²) in [5.41, 5.74) is -0.0628. The lowest BCUT2D eigenvalue weighted by atomic mass is 10.1. The number of alkyl halides is 1. The van der Waals surface area contributed by atoms with Crippen LogP contribution in [0.4, 0.5) is 8.78 Å². The van der Waals surface area contributed by atoms with E-state index in [4.69, 9.17) is 16.7 Å². The van der Waals surface area contributed by atoms with E-state index in [0.717, 1.165) is 6.07 Å². The molecule has 0 aliphatic carbocycles. The molecule has 0 saturated heterocycles. The molecule has 14 heavy (non-hydrogen) atoms. The van der Waals surface area contributed by atoms with E-state index in [1.54, 1.807) is 0 Å². The third kappa shape index (κ3) is 2.55. The van der Waals surface area contributed by atoms with Crippen molar-refractivity contribution in [2.45, 2.75) is 10.3 Å². The monoisotopic (exact) mass is 332 g/mol. The molecule has 1 aromatic rings. The number of rotatable bonds is 3. The molecule has 1 atom stereocenters. The van der Waals surface area contributed by atoms with Gasteiger partial charge >= 0.3 is 0 Å². The van der Waals surface area contributed by atoms with Crippen LogP contribution >= 0.6 is 34.2 Å². The van der Waals surface area contributed by atoms with Crippen molar-refractivity contribution in [2.75, 3.05) is 6.61 Å². The highest BCUT2D eigenvalue weighted by atomic mass is 127. The number of halogens is 4. The summed E-state index contributed by atoms with van der Waals surface area (Å²) < 4.78 is 26.2. The van der Waals surface area contributed by atoms with Crippen LogP contribution in [0, 0.1) is 11.6 Å². The van der Waals surface area contributed by atoms with E-state index >= 15 is 0 Å². The van der Waals surface area contributed by atoms with Crippen LogP contribution in [-0.4, -0.2) is 11.7 Å². The Morgan fingerprint density at radius 3 is 2.64 bits per heavy atom. The van der Waals surface area contributed by atoms with Crippen molar-refractivity contribution >= 4 is 34.2 Å². The van der Waals surface area contributed by atoms with Gasteiger partial charge in [-0.05, 0) is 18.6 Å². The van der Waals surface area contributed by atoms with Crippen molar-refractivity contribution in [1.29, 1.82) is 0 Å². The molecule has 0 heterocycles. The molecule has 0 amide bonds. The lowest BCUT2D eigenvalue weighted by Crippen LogP contribution is -2.01. The highest BCUT2D eigenvalue weighted by molar-refractivity contribution is 14.1. The summed E-state index contributed by atoms with van der Waals surface area (Å²) in [5.74, 6) is -1.36. The minimum atomic E-state index is -0.737. The molecule has 0 aromatic heterocycles. The smallest absolute Gasteiger partial charge is 0.148 e. The van der Waals surface area contributed by atoms with E-state index in [1.165, 1.54) is 6.07 Å². The van der Waals surface area contributed by atoms with E-state index in [0.29, 0.717) is 6.42 Å². The summed E-state index contributed by atoms with van der Waals surface area (Å²) >= 11 is 7.40. The Labute approximate surface area is 99.2 Å². The number of aliphatic hydroxyl groups excluding tert-OH is 1. The molecule has 0 spiro atoms. The SMILES string of the molecule is OCC[C@H](I)c1c(F)ccc(Cl)c1F. The third-order valence-corrected chi connectivity index (χ3v) is 3.31. The molecule has 0 radical (unpaired) electrons. The van der Waals surface area contributed by atoms with Crippen molar-refractivity contribution in [3.05, 3.63) is 34.4 Å². The van der Waals surface area contributed by atoms with Gasteiger partial charge in [-0.1, -0.05) is 34.2 Å². The molecule has 0 saturated carbocycles. The molecule has 1 aromatic carbocycles. The van der Waals surface area contributed by atoms with Gasteiger partial charge < -0.3 is 5.11 Å². The second kappa shape index (κ2) is 5.23. The van der Waals surface area contributed by atoms with E-state index in [-0.39, 0.29) is 17.2 Å². The van der Waals surface area contributed by atoms with Crippen molar-refractivity contribution < 1.29 is 13.9 Å². The van der Waals surface area contributed by atoms with Crippen molar-refractivity contribution in [3.63, 3.8) is 0 Å². The summed E-state index contributed by atoms with van der Waals surface area (Å²) in [5, 5.41) is 8.57. The lowest BCUT2D eigenvalue weighted by molar-refractivity contribution is 0.288. The molecule has 5 heteroatoms. The van der Waals surface area contributed by atoms with Crippen LogP contribution in [0.5, 0.6) is 0 Å². The molecule has 0 fully saturated rings. The molecule has 78 valence electrons. The van der Waals surface area contributed by atoms with Gasteiger partial charge in [-0.25, -0.2) is 8.78 Å². The van der Waals surface area contributed by atoms with Gasteiger partial charge in [0.1, 0.15) is 11.6 Å². The molecule has 1 rings (SSSR count). The lowest BCUT2D eigenvalue weighted by Gasteiger charge is -2.11. The first-order valence-electron chi connectivity index (χ1n) is 3.96. The van der Waals surface area contributed by atoms with Gasteiger partial charge in [-0.3, -0.25) is 0 Å². The summed E-state index contributed by atoms with van der Waals surface area (Å²) in [7, 11) is 0. The molecule has 0 bridgehead atoms. The summed E-state index contributed by atoms with van der Waals surface area (Å²) in [4.78, 5) is 0. The highest BCUT2D eigenvalue weighted by Gasteiger charge is 2.19. The Balaban J connectivity index is 3.11. The fraction of sp³-hybridized carbons (Fsp3) is 0.333. The molecular formula is C9H8ClF2IO. The van der Waals surface area contributed by atoms with E-state index in [1.807, 2.05) is 22.6 Å². The van der Waals surface area contributed by atoms with E-state index < -0.39 is 15.6 Å². The molecule has 1 N–H and O–H groups in total. The first kappa shape index (κ1) is 12.1. The molecule has 0 aliphatic heterocycles. The largest absolute Gasteiger partial charge is 0.396 e. The van der Waals surface area contributed by atoms with Crippen LogP contribution in [0.3, 0.4) is 0 Å². The zero-order valence-corrected chi connectivity index (χ0v) is 10.0. The number of hydrogen-bond donors (Lipinski definition) is 1. The third-order valence-electron chi connectivity index (χ3n) is 1.78. The minimum Gasteiger partial charge on any atom is -0.396 e. The van der Waals surface area contributed by atoms with Gasteiger partial charge in [-0.15, -0.1) is 0 Å². The van der Waals surface area contributed by atoms with Crippen LogP contribution in [0.25, 0.3) is 0 Å². The van der Waals surface area contributed by atoms with Crippen LogP contribution in [0.15, 0.2) is 12.1 Å². The van der Waals surface area contributed by atoms with Gasteiger partial charge in [0.15, 0.2) is 0 Å². The Kier molecular flexibility index (Phi) is 4.53. The van der Waals surface area contributed by atoms with Crippen LogP contribution < -0.4 is 0 Å². The zero-order chi connectivity index (χ0) is 10.7. The van der Waals surface area contributed by atoms with Gasteiger partial charge in [0.2, 0.25) is 0 Å². The standard InChI is InChI=1S/C9H8ClF2IO/c10-5-1-2-6(11)8(9(5)12)7(13)3-4-14/h1-2,7,14H,3-4H2/t7-/m0/s1. The predicted octanol–water partition coefficient (Wildman–Crippen LogP) is 3.48. The summed E-state index contributed by atoms with van der Waals surface area (Å²) in [6.07, 6.45) is 0.300. The molecule has 0 aliphatic rings. The Bertz CT molecular complexity index is 333. The summed E-state index contributed by atoms with van der Waals surface area (Å²) in [6, 6.07) is 2.31. The topological polar surface area (TPSA) is 20.2 Å². The van der Waals surface area contributed by atoms with Crippen molar-refractivity contribution in [1.82, 2.24) is 0 Å².